The van der Waals surface area contributed by atoms with Gasteiger partial charge >= 0.3 is 0 Å². The standard InChI is InChI=1S/C17H16BrNOS/c1-11-6-12(2)8-15(7-11)19-16(20)10-21-17(19)13-4-3-5-14(18)9-13/h3-9,17H,10H2,1-2H3. The number of aryl methyl sites for hydroxylation is 2. The summed E-state index contributed by atoms with van der Waals surface area (Å²) in [6.07, 6.45) is 0. The molecule has 2 nitrogen and oxygen atoms in total. The first kappa shape index (κ1) is 14.7. The number of hydrogen-bond donors (Lipinski definition) is 0. The normalized spacial score (nSPS) is 18.3. The lowest BCUT2D eigenvalue weighted by Crippen LogP contribution is -2.27. The van der Waals surface area contributed by atoms with E-state index >= 15 is 0 Å². The van der Waals surface area contributed by atoms with Crippen molar-refractivity contribution in [1.29, 1.82) is 0 Å². The molecule has 1 unspecified atom stereocenters. The van der Waals surface area contributed by atoms with Crippen LogP contribution in [-0.4, -0.2) is 11.7 Å². The molecule has 1 saturated heterocycles. The smallest absolute Gasteiger partial charge is 0.238 e. The molecule has 0 bridgehead atoms. The van der Waals surface area contributed by atoms with Crippen molar-refractivity contribution in [2.75, 3.05) is 10.7 Å². The fraction of sp³-hybridized carbons (Fsp3) is 0.235. The number of hydrogen-bond acceptors (Lipinski definition) is 2. The molecule has 0 radical (unpaired) electrons. The zero-order valence-corrected chi connectivity index (χ0v) is 14.4. The Labute approximate surface area is 137 Å². The molecule has 2 aromatic rings. The van der Waals surface area contributed by atoms with E-state index in [0.29, 0.717) is 5.75 Å². The van der Waals surface area contributed by atoms with E-state index in [4.69, 9.17) is 0 Å². The predicted octanol–water partition coefficient (Wildman–Crippen LogP) is 4.84. The molecule has 2 aromatic carbocycles. The maximum absolute atomic E-state index is 12.4. The van der Waals surface area contributed by atoms with E-state index < -0.39 is 0 Å². The second kappa shape index (κ2) is 5.85. The lowest BCUT2D eigenvalue weighted by molar-refractivity contribution is -0.115. The Morgan fingerprint density at radius 2 is 1.86 bits per heavy atom. The van der Waals surface area contributed by atoms with E-state index in [2.05, 4.69) is 60.1 Å². The van der Waals surface area contributed by atoms with Gasteiger partial charge in [0.1, 0.15) is 5.37 Å². The lowest BCUT2D eigenvalue weighted by Gasteiger charge is -2.25. The number of carbonyl (C=O) groups excluding carboxylic acids is 1. The molecule has 108 valence electrons. The fourth-order valence-corrected chi connectivity index (χ4v) is 4.28. The number of rotatable bonds is 2. The van der Waals surface area contributed by atoms with Gasteiger partial charge in [-0.25, -0.2) is 0 Å². The highest BCUT2D eigenvalue weighted by Crippen LogP contribution is 2.42. The molecule has 21 heavy (non-hydrogen) atoms. The third kappa shape index (κ3) is 3.01. The summed E-state index contributed by atoms with van der Waals surface area (Å²) in [5.74, 6) is 0.708. The summed E-state index contributed by atoms with van der Waals surface area (Å²) >= 11 is 5.19. The van der Waals surface area contributed by atoms with Crippen molar-refractivity contribution in [1.82, 2.24) is 0 Å². The zero-order chi connectivity index (χ0) is 15.0. The van der Waals surface area contributed by atoms with Gasteiger partial charge in [-0.3, -0.25) is 9.69 Å². The van der Waals surface area contributed by atoms with Gasteiger partial charge in [0.15, 0.2) is 0 Å². The summed E-state index contributed by atoms with van der Waals surface area (Å²) in [5.41, 5.74) is 4.51. The van der Waals surface area contributed by atoms with Gasteiger partial charge in [0.05, 0.1) is 5.75 Å². The van der Waals surface area contributed by atoms with Crippen LogP contribution in [0.4, 0.5) is 5.69 Å². The first-order valence-corrected chi connectivity index (χ1v) is 8.66. The van der Waals surface area contributed by atoms with Gasteiger partial charge in [-0.1, -0.05) is 34.1 Å². The van der Waals surface area contributed by atoms with Crippen molar-refractivity contribution in [3.8, 4) is 0 Å². The van der Waals surface area contributed by atoms with Crippen LogP contribution in [0.1, 0.15) is 22.1 Å². The Balaban J connectivity index is 2.03. The van der Waals surface area contributed by atoms with Crippen molar-refractivity contribution in [3.63, 3.8) is 0 Å². The summed E-state index contributed by atoms with van der Waals surface area (Å²) in [6.45, 7) is 4.14. The fourth-order valence-electron chi connectivity index (χ4n) is 2.70. The largest absolute Gasteiger partial charge is 0.295 e. The van der Waals surface area contributed by atoms with Gasteiger partial charge in [-0.05, 0) is 54.8 Å². The van der Waals surface area contributed by atoms with E-state index in [1.807, 2.05) is 17.0 Å². The molecule has 0 N–H and O–H groups in total. The number of nitrogens with zero attached hydrogens (tertiary/aromatic N) is 1. The van der Waals surface area contributed by atoms with E-state index in [9.17, 15) is 4.79 Å². The maximum atomic E-state index is 12.4. The van der Waals surface area contributed by atoms with Crippen LogP contribution < -0.4 is 4.90 Å². The molecule has 0 aromatic heterocycles. The highest BCUT2D eigenvalue weighted by molar-refractivity contribution is 9.10. The van der Waals surface area contributed by atoms with Crippen LogP contribution in [-0.2, 0) is 4.79 Å². The Bertz CT molecular complexity index is 681. The SMILES string of the molecule is Cc1cc(C)cc(N2C(=O)CSC2c2cccc(Br)c2)c1. The van der Waals surface area contributed by atoms with Crippen LogP contribution in [0.25, 0.3) is 0 Å². The van der Waals surface area contributed by atoms with Crippen molar-refractivity contribution >= 4 is 39.3 Å². The number of amides is 1. The van der Waals surface area contributed by atoms with E-state index in [1.165, 1.54) is 11.1 Å². The second-order valence-electron chi connectivity index (χ2n) is 5.33. The molecule has 1 aliphatic rings. The predicted molar refractivity (Wildman–Crippen MR) is 92.7 cm³/mol. The van der Waals surface area contributed by atoms with Crippen molar-refractivity contribution in [3.05, 3.63) is 63.6 Å². The number of carbonyl (C=O) groups is 1. The molecule has 1 heterocycles. The molecular formula is C17H16BrNOS. The summed E-state index contributed by atoms with van der Waals surface area (Å²) < 4.78 is 1.04. The number of benzene rings is 2. The Kier molecular flexibility index (Phi) is 4.09. The molecule has 1 aliphatic heterocycles. The topological polar surface area (TPSA) is 20.3 Å². The number of anilines is 1. The van der Waals surface area contributed by atoms with Crippen LogP contribution in [0.2, 0.25) is 0 Å². The van der Waals surface area contributed by atoms with Gasteiger partial charge in [-0.15, -0.1) is 11.8 Å². The van der Waals surface area contributed by atoms with E-state index in [1.54, 1.807) is 11.8 Å². The van der Waals surface area contributed by atoms with Crippen LogP contribution in [0.3, 0.4) is 0 Å². The first-order chi connectivity index (χ1) is 10.0. The minimum Gasteiger partial charge on any atom is -0.295 e. The third-order valence-corrected chi connectivity index (χ3v) is 5.19. The number of thioether (sulfide) groups is 1. The Hall–Kier alpha value is -1.26. The highest BCUT2D eigenvalue weighted by Gasteiger charge is 2.34. The second-order valence-corrected chi connectivity index (χ2v) is 7.31. The van der Waals surface area contributed by atoms with Crippen LogP contribution in [0.15, 0.2) is 46.9 Å². The third-order valence-electron chi connectivity index (χ3n) is 3.49. The molecule has 3 rings (SSSR count). The lowest BCUT2D eigenvalue weighted by atomic mass is 10.1. The minimum atomic E-state index is 0.0520. The monoisotopic (exact) mass is 361 g/mol. The Morgan fingerprint density at radius 1 is 1.14 bits per heavy atom. The molecule has 0 spiro atoms. The molecule has 4 heteroatoms. The van der Waals surface area contributed by atoms with Gasteiger partial charge in [0.2, 0.25) is 5.91 Å². The summed E-state index contributed by atoms with van der Waals surface area (Å²) in [4.78, 5) is 14.3. The first-order valence-electron chi connectivity index (χ1n) is 6.82. The zero-order valence-electron chi connectivity index (χ0n) is 12.0. The van der Waals surface area contributed by atoms with E-state index in [0.717, 1.165) is 15.7 Å². The quantitative estimate of drug-likeness (QED) is 0.762. The van der Waals surface area contributed by atoms with Crippen molar-refractivity contribution in [2.45, 2.75) is 19.2 Å². The molecule has 1 fully saturated rings. The molecule has 1 atom stereocenters. The number of halogens is 1. The van der Waals surface area contributed by atoms with Crippen LogP contribution in [0, 0.1) is 13.8 Å². The molecule has 0 saturated carbocycles. The molecule has 1 amide bonds. The van der Waals surface area contributed by atoms with Gasteiger partial charge in [0.25, 0.3) is 0 Å². The summed E-state index contributed by atoms with van der Waals surface area (Å²) in [7, 11) is 0. The molecule has 0 aliphatic carbocycles. The average molecular weight is 362 g/mol. The Morgan fingerprint density at radius 3 is 2.52 bits per heavy atom. The summed E-state index contributed by atoms with van der Waals surface area (Å²) in [6, 6.07) is 14.5. The minimum absolute atomic E-state index is 0.0520. The van der Waals surface area contributed by atoms with Gasteiger partial charge in [-0.2, -0.15) is 0 Å². The van der Waals surface area contributed by atoms with E-state index in [-0.39, 0.29) is 11.3 Å². The average Bonchev–Trinajstić information content (AvgIpc) is 2.79. The maximum Gasteiger partial charge on any atom is 0.238 e. The van der Waals surface area contributed by atoms with Crippen LogP contribution >= 0.6 is 27.7 Å². The van der Waals surface area contributed by atoms with Gasteiger partial charge in [0, 0.05) is 10.2 Å². The van der Waals surface area contributed by atoms with Crippen molar-refractivity contribution in [2.24, 2.45) is 0 Å². The van der Waals surface area contributed by atoms with Crippen LogP contribution in [0.5, 0.6) is 0 Å². The summed E-state index contributed by atoms with van der Waals surface area (Å²) in [5, 5.41) is 0.0520. The van der Waals surface area contributed by atoms with Crippen molar-refractivity contribution < 1.29 is 4.79 Å². The highest BCUT2D eigenvalue weighted by atomic mass is 79.9. The molecular weight excluding hydrogens is 346 g/mol. The van der Waals surface area contributed by atoms with Gasteiger partial charge < -0.3 is 0 Å².